The molecule has 0 N–H and O–H groups in total. The number of carbonyl (C=O) groups is 3. The van der Waals surface area contributed by atoms with Gasteiger partial charge in [-0.05, 0) is 31.9 Å². The summed E-state index contributed by atoms with van der Waals surface area (Å²) in [6.45, 7) is 8.58. The zero-order valence-corrected chi connectivity index (χ0v) is 14.2. The molecule has 0 aromatic heterocycles. The van der Waals surface area contributed by atoms with Crippen molar-refractivity contribution in [3.63, 3.8) is 0 Å². The molecule has 0 radical (unpaired) electrons. The van der Waals surface area contributed by atoms with Gasteiger partial charge in [0.15, 0.2) is 0 Å². The third-order valence-corrected chi connectivity index (χ3v) is 3.35. The molecule has 0 aliphatic carbocycles. The van der Waals surface area contributed by atoms with Gasteiger partial charge in [-0.1, -0.05) is 6.07 Å². The first-order valence-electron chi connectivity index (χ1n) is 7.51. The lowest BCUT2D eigenvalue weighted by Crippen LogP contribution is -2.38. The highest BCUT2D eigenvalue weighted by molar-refractivity contribution is 5.74. The van der Waals surface area contributed by atoms with Crippen LogP contribution in [-0.4, -0.2) is 35.3 Å². The van der Waals surface area contributed by atoms with Crippen LogP contribution in [0.15, 0.2) is 18.2 Å². The molecule has 23 heavy (non-hydrogen) atoms. The Balaban J connectivity index is 3.06. The number of nitrogens with zero attached hydrogens (tertiary/aromatic N) is 1. The fraction of sp³-hybridized carbons (Fsp3) is 0.471. The first-order valence-corrected chi connectivity index (χ1v) is 7.51. The number of hydrogen-bond donors (Lipinski definition) is 0. The van der Waals surface area contributed by atoms with E-state index in [1.165, 1.54) is 26.8 Å². The van der Waals surface area contributed by atoms with E-state index in [4.69, 9.17) is 9.47 Å². The summed E-state index contributed by atoms with van der Waals surface area (Å²) in [6.07, 6.45) is 0.524. The van der Waals surface area contributed by atoms with Gasteiger partial charge in [-0.3, -0.25) is 14.4 Å². The summed E-state index contributed by atoms with van der Waals surface area (Å²) in [5, 5.41) is 0. The molecule has 0 aliphatic rings. The van der Waals surface area contributed by atoms with Crippen molar-refractivity contribution in [3.8, 4) is 11.5 Å². The summed E-state index contributed by atoms with van der Waals surface area (Å²) in [5.74, 6) is -0.274. The van der Waals surface area contributed by atoms with Crippen LogP contribution in [0.5, 0.6) is 11.5 Å². The Morgan fingerprint density at radius 2 is 1.70 bits per heavy atom. The second-order valence-corrected chi connectivity index (χ2v) is 5.31. The van der Waals surface area contributed by atoms with E-state index in [9.17, 15) is 14.4 Å². The molecule has 1 rings (SSSR count). The average molecular weight is 321 g/mol. The molecular formula is C17H23NO5. The third kappa shape index (κ3) is 5.73. The van der Waals surface area contributed by atoms with Crippen LogP contribution in [0.4, 0.5) is 0 Å². The summed E-state index contributed by atoms with van der Waals surface area (Å²) in [4.78, 5) is 35.7. The van der Waals surface area contributed by atoms with Gasteiger partial charge >= 0.3 is 11.9 Å². The van der Waals surface area contributed by atoms with Crippen molar-refractivity contribution in [2.45, 2.75) is 47.1 Å². The van der Waals surface area contributed by atoms with Gasteiger partial charge < -0.3 is 14.4 Å². The highest BCUT2D eigenvalue weighted by atomic mass is 16.5. The van der Waals surface area contributed by atoms with Crippen molar-refractivity contribution in [1.82, 2.24) is 4.90 Å². The summed E-state index contributed by atoms with van der Waals surface area (Å²) in [6, 6.07) is 4.84. The van der Waals surface area contributed by atoms with E-state index in [-0.39, 0.29) is 11.9 Å². The molecular weight excluding hydrogens is 298 g/mol. The first kappa shape index (κ1) is 18.7. The fourth-order valence-corrected chi connectivity index (χ4v) is 2.46. The number of likely N-dealkylation sites (N-methyl/N-ethyl adjacent to an activating group) is 1. The number of carbonyl (C=O) groups excluding carboxylic acids is 3. The van der Waals surface area contributed by atoms with Crippen molar-refractivity contribution in [3.05, 3.63) is 23.8 Å². The number of benzene rings is 1. The lowest BCUT2D eigenvalue weighted by atomic mass is 10.0. The van der Waals surface area contributed by atoms with Crippen molar-refractivity contribution in [1.29, 1.82) is 0 Å². The van der Waals surface area contributed by atoms with Crippen LogP contribution >= 0.6 is 0 Å². The Bertz CT molecular complexity index is 597. The molecule has 1 aromatic rings. The smallest absolute Gasteiger partial charge is 0.308 e. The predicted octanol–water partition coefficient (Wildman–Crippen LogP) is 2.34. The third-order valence-electron chi connectivity index (χ3n) is 3.35. The maximum atomic E-state index is 11.6. The van der Waals surface area contributed by atoms with E-state index in [0.717, 1.165) is 5.56 Å². The van der Waals surface area contributed by atoms with Crippen molar-refractivity contribution < 1.29 is 23.9 Å². The molecule has 0 fully saturated rings. The standard InChI is InChI=1S/C17H23NO5/c1-6-18(12(3)19)11(2)9-15-7-8-16(22-13(4)20)10-17(15)23-14(5)21/h7-8,10-11H,6,9H2,1-5H3. The quantitative estimate of drug-likeness (QED) is 0.594. The summed E-state index contributed by atoms with van der Waals surface area (Å²) >= 11 is 0. The molecule has 0 heterocycles. The van der Waals surface area contributed by atoms with E-state index >= 15 is 0 Å². The van der Waals surface area contributed by atoms with Gasteiger partial charge in [0.25, 0.3) is 0 Å². The molecule has 6 heteroatoms. The molecule has 6 nitrogen and oxygen atoms in total. The Labute approximate surface area is 136 Å². The Hall–Kier alpha value is -2.37. The van der Waals surface area contributed by atoms with Crippen LogP contribution in [-0.2, 0) is 20.8 Å². The zero-order chi connectivity index (χ0) is 17.6. The molecule has 1 atom stereocenters. The maximum absolute atomic E-state index is 11.6. The number of hydrogen-bond acceptors (Lipinski definition) is 5. The van der Waals surface area contributed by atoms with Crippen LogP contribution in [0.1, 0.15) is 40.2 Å². The average Bonchev–Trinajstić information content (AvgIpc) is 2.40. The summed E-state index contributed by atoms with van der Waals surface area (Å²) < 4.78 is 10.2. The van der Waals surface area contributed by atoms with Crippen LogP contribution in [0, 0.1) is 0 Å². The van der Waals surface area contributed by atoms with E-state index in [2.05, 4.69) is 0 Å². The van der Waals surface area contributed by atoms with E-state index in [0.29, 0.717) is 24.5 Å². The second kappa shape index (κ2) is 8.31. The highest BCUT2D eigenvalue weighted by Crippen LogP contribution is 2.27. The highest BCUT2D eigenvalue weighted by Gasteiger charge is 2.18. The van der Waals surface area contributed by atoms with Gasteiger partial charge in [0.1, 0.15) is 11.5 Å². The topological polar surface area (TPSA) is 72.9 Å². The second-order valence-electron chi connectivity index (χ2n) is 5.31. The zero-order valence-electron chi connectivity index (χ0n) is 14.2. The molecule has 0 saturated carbocycles. The largest absolute Gasteiger partial charge is 0.427 e. The van der Waals surface area contributed by atoms with Crippen molar-refractivity contribution >= 4 is 17.8 Å². The van der Waals surface area contributed by atoms with E-state index < -0.39 is 11.9 Å². The van der Waals surface area contributed by atoms with Crippen LogP contribution in [0.3, 0.4) is 0 Å². The van der Waals surface area contributed by atoms with Gasteiger partial charge in [0.05, 0.1) is 0 Å². The lowest BCUT2D eigenvalue weighted by Gasteiger charge is -2.27. The van der Waals surface area contributed by atoms with Gasteiger partial charge in [0.2, 0.25) is 5.91 Å². The minimum absolute atomic E-state index is 0.00873. The normalized spacial score (nSPS) is 11.5. The van der Waals surface area contributed by atoms with Gasteiger partial charge in [0, 0.05) is 39.4 Å². The number of esters is 2. The number of amides is 1. The minimum atomic E-state index is -0.460. The Kier molecular flexibility index (Phi) is 6.75. The SMILES string of the molecule is CCN(C(C)=O)C(C)Cc1ccc(OC(C)=O)cc1OC(C)=O. The Morgan fingerprint density at radius 1 is 1.09 bits per heavy atom. The molecule has 0 aliphatic heterocycles. The number of ether oxygens (including phenoxy) is 2. The molecule has 1 aromatic carbocycles. The van der Waals surface area contributed by atoms with Crippen LogP contribution < -0.4 is 9.47 Å². The van der Waals surface area contributed by atoms with Gasteiger partial charge in [-0.25, -0.2) is 0 Å². The fourth-order valence-electron chi connectivity index (χ4n) is 2.46. The Morgan fingerprint density at radius 3 is 2.17 bits per heavy atom. The number of rotatable bonds is 6. The van der Waals surface area contributed by atoms with Gasteiger partial charge in [-0.15, -0.1) is 0 Å². The predicted molar refractivity (Wildman–Crippen MR) is 85.3 cm³/mol. The molecule has 1 unspecified atom stereocenters. The molecule has 126 valence electrons. The van der Waals surface area contributed by atoms with Crippen LogP contribution in [0.2, 0.25) is 0 Å². The van der Waals surface area contributed by atoms with E-state index in [1.54, 1.807) is 17.0 Å². The first-order chi connectivity index (χ1) is 10.7. The van der Waals surface area contributed by atoms with Crippen molar-refractivity contribution in [2.24, 2.45) is 0 Å². The van der Waals surface area contributed by atoms with Crippen LogP contribution in [0.25, 0.3) is 0 Å². The monoisotopic (exact) mass is 321 g/mol. The van der Waals surface area contributed by atoms with E-state index in [1.807, 2.05) is 13.8 Å². The molecule has 0 bridgehead atoms. The molecule has 0 saturated heterocycles. The minimum Gasteiger partial charge on any atom is -0.427 e. The summed E-state index contributed by atoms with van der Waals surface area (Å²) in [5.41, 5.74) is 0.767. The summed E-state index contributed by atoms with van der Waals surface area (Å²) in [7, 11) is 0. The molecule has 0 spiro atoms. The molecule has 1 amide bonds. The lowest BCUT2D eigenvalue weighted by molar-refractivity contribution is -0.132. The van der Waals surface area contributed by atoms with Gasteiger partial charge in [-0.2, -0.15) is 0 Å². The van der Waals surface area contributed by atoms with Crippen molar-refractivity contribution in [2.75, 3.05) is 6.54 Å². The maximum Gasteiger partial charge on any atom is 0.308 e.